The van der Waals surface area contributed by atoms with Crippen LogP contribution in [0.5, 0.6) is 0 Å². The average Bonchev–Trinajstić information content (AvgIpc) is 3.01. The molecule has 11 nitrogen and oxygen atoms in total. The summed E-state index contributed by atoms with van der Waals surface area (Å²) in [5.41, 5.74) is -0.0634. The van der Waals surface area contributed by atoms with E-state index in [0.29, 0.717) is 11.4 Å². The van der Waals surface area contributed by atoms with Gasteiger partial charge in [0.25, 0.3) is 21.3 Å². The molecule has 34 heavy (non-hydrogen) atoms. The van der Waals surface area contributed by atoms with E-state index >= 15 is 0 Å². The van der Waals surface area contributed by atoms with Gasteiger partial charge in [0.1, 0.15) is 11.4 Å². The lowest BCUT2D eigenvalue weighted by atomic mass is 10.2. The third kappa shape index (κ3) is 4.65. The number of nitrogens with zero attached hydrogens (tertiary/aromatic N) is 5. The molecule has 0 aliphatic carbocycles. The average molecular weight is 485 g/mol. The Morgan fingerprint density at radius 1 is 1.24 bits per heavy atom. The normalized spacial score (nSPS) is 12.1. The fourth-order valence-corrected chi connectivity index (χ4v) is 4.70. The van der Waals surface area contributed by atoms with Gasteiger partial charge in [-0.2, -0.15) is 5.26 Å². The van der Waals surface area contributed by atoms with Crippen LogP contribution < -0.4 is 15.2 Å². The van der Waals surface area contributed by atoms with Crippen molar-refractivity contribution in [2.75, 3.05) is 23.2 Å². The molecule has 0 saturated carbocycles. The number of rotatable bonds is 8. The number of benzene rings is 2. The van der Waals surface area contributed by atoms with Crippen LogP contribution in [0.4, 0.5) is 17.1 Å². The summed E-state index contributed by atoms with van der Waals surface area (Å²) in [5, 5.41) is 20.7. The standard InChI is InChI=1S/C22H24N6O5S/c1-15(13-23)14-25(3)19-11-10-18(12-20(19)28(30)31)34(32,33)24-21-16(2)26(4)27(22(21)29)17-8-6-5-7-9-17/h5-12,15,24H,14H2,1-4H3/t15-/m0/s1. The van der Waals surface area contributed by atoms with Crippen LogP contribution in [0.3, 0.4) is 0 Å². The Labute approximate surface area is 196 Å². The van der Waals surface area contributed by atoms with Gasteiger partial charge in [-0.3, -0.25) is 24.3 Å². The molecule has 2 aromatic carbocycles. The van der Waals surface area contributed by atoms with Crippen LogP contribution in [0.2, 0.25) is 0 Å². The molecule has 0 fully saturated rings. The predicted molar refractivity (Wildman–Crippen MR) is 128 cm³/mol. The van der Waals surface area contributed by atoms with Crippen LogP contribution in [-0.2, 0) is 17.1 Å². The number of nitro groups is 1. The van der Waals surface area contributed by atoms with Crippen molar-refractivity contribution < 1.29 is 13.3 Å². The highest BCUT2D eigenvalue weighted by Crippen LogP contribution is 2.31. The second-order valence-corrected chi connectivity index (χ2v) is 9.54. The van der Waals surface area contributed by atoms with Crippen LogP contribution in [-0.4, -0.2) is 36.3 Å². The number of hydrogen-bond acceptors (Lipinski definition) is 7. The van der Waals surface area contributed by atoms with Gasteiger partial charge < -0.3 is 4.90 Å². The Kier molecular flexibility index (Phi) is 6.78. The molecule has 1 N–H and O–H groups in total. The third-order valence-corrected chi connectivity index (χ3v) is 6.77. The van der Waals surface area contributed by atoms with E-state index in [9.17, 15) is 23.3 Å². The summed E-state index contributed by atoms with van der Waals surface area (Å²) >= 11 is 0. The van der Waals surface area contributed by atoms with Crippen LogP contribution in [0.15, 0.2) is 58.2 Å². The minimum Gasteiger partial charge on any atom is -0.368 e. The Hall–Kier alpha value is -4.11. The zero-order valence-corrected chi connectivity index (χ0v) is 19.9. The summed E-state index contributed by atoms with van der Waals surface area (Å²) in [6.07, 6.45) is 0. The number of nitrogens with one attached hydrogen (secondary N) is 1. The summed E-state index contributed by atoms with van der Waals surface area (Å²) in [5.74, 6) is -0.387. The smallest absolute Gasteiger partial charge is 0.296 e. The maximum atomic E-state index is 13.1. The first-order valence-corrected chi connectivity index (χ1v) is 11.7. The zero-order valence-electron chi connectivity index (χ0n) is 19.1. The monoisotopic (exact) mass is 484 g/mol. The predicted octanol–water partition coefficient (Wildman–Crippen LogP) is 2.79. The minimum atomic E-state index is -4.32. The van der Waals surface area contributed by atoms with Crippen molar-refractivity contribution in [3.05, 3.63) is 74.7 Å². The lowest BCUT2D eigenvalue weighted by molar-refractivity contribution is -0.384. The number of para-hydroxylation sites is 1. The molecule has 0 unspecified atom stereocenters. The fraction of sp³-hybridized carbons (Fsp3) is 0.273. The van der Waals surface area contributed by atoms with Gasteiger partial charge in [0.15, 0.2) is 0 Å². The first kappa shape index (κ1) is 24.5. The summed E-state index contributed by atoms with van der Waals surface area (Å²) in [4.78, 5) is 25.2. The molecule has 0 aliphatic rings. The van der Waals surface area contributed by atoms with E-state index in [1.165, 1.54) is 26.4 Å². The van der Waals surface area contributed by atoms with Crippen molar-refractivity contribution in [1.82, 2.24) is 9.36 Å². The Morgan fingerprint density at radius 3 is 2.47 bits per heavy atom. The molecule has 0 radical (unpaired) electrons. The quantitative estimate of drug-likeness (QED) is 0.382. The number of hydrogen-bond donors (Lipinski definition) is 1. The third-order valence-electron chi connectivity index (χ3n) is 5.42. The van der Waals surface area contributed by atoms with Gasteiger partial charge in [0.2, 0.25) is 0 Å². The first-order valence-electron chi connectivity index (χ1n) is 10.2. The molecule has 12 heteroatoms. The van der Waals surface area contributed by atoms with Crippen LogP contribution in [0.25, 0.3) is 5.69 Å². The highest BCUT2D eigenvalue weighted by molar-refractivity contribution is 7.92. The second kappa shape index (κ2) is 9.40. The van der Waals surface area contributed by atoms with E-state index in [-0.39, 0.29) is 28.7 Å². The number of sulfonamides is 1. The van der Waals surface area contributed by atoms with Crippen molar-refractivity contribution in [3.8, 4) is 11.8 Å². The topological polar surface area (TPSA) is 143 Å². The van der Waals surface area contributed by atoms with Crippen molar-refractivity contribution >= 4 is 27.1 Å². The molecule has 0 spiro atoms. The van der Waals surface area contributed by atoms with Gasteiger partial charge >= 0.3 is 0 Å². The summed E-state index contributed by atoms with van der Waals surface area (Å²) in [6, 6.07) is 14.3. The minimum absolute atomic E-state index is 0.155. The zero-order chi connectivity index (χ0) is 25.2. The fourth-order valence-electron chi connectivity index (χ4n) is 3.57. The molecule has 0 saturated heterocycles. The summed E-state index contributed by atoms with van der Waals surface area (Å²) in [6.45, 7) is 3.50. The Bertz CT molecular complexity index is 1440. The molecule has 1 heterocycles. The van der Waals surface area contributed by atoms with Crippen LogP contribution >= 0.6 is 0 Å². The lowest BCUT2D eigenvalue weighted by Gasteiger charge is -2.20. The SMILES string of the molecule is Cc1c(NS(=O)(=O)c2ccc(N(C)C[C@@H](C)C#N)c([N+](=O)[O-])c2)c(=O)n(-c2ccccc2)n1C. The second-order valence-electron chi connectivity index (χ2n) is 7.86. The molecular weight excluding hydrogens is 460 g/mol. The Morgan fingerprint density at radius 2 is 1.88 bits per heavy atom. The molecule has 0 aliphatic heterocycles. The number of aromatic nitrogens is 2. The van der Waals surface area contributed by atoms with Crippen LogP contribution in [0, 0.1) is 34.3 Å². The number of anilines is 2. The van der Waals surface area contributed by atoms with Crippen molar-refractivity contribution in [2.45, 2.75) is 18.7 Å². The van der Waals surface area contributed by atoms with E-state index in [1.54, 1.807) is 58.3 Å². The molecule has 1 aromatic heterocycles. The van der Waals surface area contributed by atoms with Crippen LogP contribution in [0.1, 0.15) is 12.6 Å². The van der Waals surface area contributed by atoms with Crippen molar-refractivity contribution in [2.24, 2.45) is 13.0 Å². The molecule has 178 valence electrons. The van der Waals surface area contributed by atoms with Crippen molar-refractivity contribution in [1.29, 1.82) is 5.26 Å². The van der Waals surface area contributed by atoms with E-state index < -0.39 is 26.2 Å². The maximum absolute atomic E-state index is 13.1. The molecular formula is C22H24N6O5S. The largest absolute Gasteiger partial charge is 0.368 e. The first-order chi connectivity index (χ1) is 16.0. The number of nitriles is 1. The molecule has 3 rings (SSSR count). The molecule has 1 atom stereocenters. The molecule has 0 bridgehead atoms. The lowest BCUT2D eigenvalue weighted by Crippen LogP contribution is -2.25. The highest BCUT2D eigenvalue weighted by Gasteiger charge is 2.26. The van der Waals surface area contributed by atoms with Gasteiger partial charge in [0.05, 0.1) is 33.2 Å². The van der Waals surface area contributed by atoms with Gasteiger partial charge in [-0.05, 0) is 38.1 Å². The van der Waals surface area contributed by atoms with Gasteiger partial charge in [0, 0.05) is 26.7 Å². The highest BCUT2D eigenvalue weighted by atomic mass is 32.2. The van der Waals surface area contributed by atoms with Gasteiger partial charge in [-0.15, -0.1) is 0 Å². The van der Waals surface area contributed by atoms with Gasteiger partial charge in [-0.25, -0.2) is 13.1 Å². The maximum Gasteiger partial charge on any atom is 0.296 e. The summed E-state index contributed by atoms with van der Waals surface area (Å²) in [7, 11) is -1.11. The van der Waals surface area contributed by atoms with Crippen molar-refractivity contribution in [3.63, 3.8) is 0 Å². The van der Waals surface area contributed by atoms with E-state index in [4.69, 9.17) is 5.26 Å². The molecule has 0 amide bonds. The molecule has 3 aromatic rings. The Balaban J connectivity index is 2.02. The van der Waals surface area contributed by atoms with E-state index in [2.05, 4.69) is 10.8 Å². The number of nitro benzene ring substituents is 1. The van der Waals surface area contributed by atoms with E-state index in [0.717, 1.165) is 6.07 Å². The van der Waals surface area contributed by atoms with E-state index in [1.807, 2.05) is 0 Å². The van der Waals surface area contributed by atoms with Gasteiger partial charge in [-0.1, -0.05) is 18.2 Å². The summed E-state index contributed by atoms with van der Waals surface area (Å²) < 4.78 is 31.3.